The van der Waals surface area contributed by atoms with Gasteiger partial charge in [0.25, 0.3) is 5.69 Å². The number of esters is 1. The van der Waals surface area contributed by atoms with Gasteiger partial charge in [-0.2, -0.15) is 0 Å². The molecule has 9 heteroatoms. The highest BCUT2D eigenvalue weighted by atomic mass is 16.6. The lowest BCUT2D eigenvalue weighted by Crippen LogP contribution is -2.71. The highest BCUT2D eigenvalue weighted by Gasteiger charge is 2.60. The number of rotatable bonds is 7. The Morgan fingerprint density at radius 3 is 2.63 bits per heavy atom. The Bertz CT molecular complexity index is 778. The van der Waals surface area contributed by atoms with Crippen LogP contribution in [0.25, 0.3) is 0 Å². The highest BCUT2D eigenvalue weighted by molar-refractivity contribution is 6.12. The number of benzene rings is 1. The molecule has 2 aliphatic heterocycles. The maximum Gasteiger partial charge on any atom is 0.337 e. The summed E-state index contributed by atoms with van der Waals surface area (Å²) in [4.78, 5) is 48.4. The predicted octanol–water partition coefficient (Wildman–Crippen LogP) is 0.947. The number of amides is 1. The van der Waals surface area contributed by atoms with Gasteiger partial charge in [0.2, 0.25) is 5.91 Å². The molecule has 0 spiro atoms. The first kappa shape index (κ1) is 19.0. The lowest BCUT2D eigenvalue weighted by Gasteiger charge is -2.45. The molecule has 0 radical (unpaired) electrons. The van der Waals surface area contributed by atoms with Gasteiger partial charge in [0.1, 0.15) is 12.6 Å². The minimum Gasteiger partial charge on any atom is -0.459 e. The third-order valence-electron chi connectivity index (χ3n) is 5.08. The van der Waals surface area contributed by atoms with Crippen LogP contribution in [0, 0.1) is 10.1 Å². The fourth-order valence-corrected chi connectivity index (χ4v) is 3.37. The number of nitrogens with one attached hydrogen (secondary N) is 1. The highest BCUT2D eigenvalue weighted by Crippen LogP contribution is 2.34. The standard InChI is InChI=1S/C18H21N3O6/c1-3-10(2)19-15-13-8-14(22)16(20(13)17(15)23)18(24)27-9-11-4-6-12(7-5-11)21(25)26/h4-7,10,13,15-16,19H,3,8-9H2,1-2H3. The second-order valence-electron chi connectivity index (χ2n) is 6.87. The fraction of sp³-hybridized carbons (Fsp3) is 0.500. The molecule has 1 aromatic rings. The first-order valence-corrected chi connectivity index (χ1v) is 8.84. The number of hydrogen-bond donors (Lipinski definition) is 1. The van der Waals surface area contributed by atoms with E-state index in [9.17, 15) is 24.5 Å². The topological polar surface area (TPSA) is 119 Å². The molecule has 0 saturated carbocycles. The van der Waals surface area contributed by atoms with Crippen LogP contribution in [-0.2, 0) is 25.7 Å². The molecular formula is C18H21N3O6. The molecule has 0 aromatic heterocycles. The van der Waals surface area contributed by atoms with Crippen molar-refractivity contribution in [2.75, 3.05) is 0 Å². The van der Waals surface area contributed by atoms with Crippen LogP contribution in [0.3, 0.4) is 0 Å². The van der Waals surface area contributed by atoms with E-state index in [0.717, 1.165) is 6.42 Å². The van der Waals surface area contributed by atoms with E-state index >= 15 is 0 Å². The molecule has 2 aliphatic rings. The van der Waals surface area contributed by atoms with Crippen LogP contribution in [0.2, 0.25) is 0 Å². The van der Waals surface area contributed by atoms with Crippen LogP contribution < -0.4 is 5.32 Å². The van der Waals surface area contributed by atoms with Crippen LogP contribution >= 0.6 is 0 Å². The molecular weight excluding hydrogens is 354 g/mol. The molecule has 27 heavy (non-hydrogen) atoms. The van der Waals surface area contributed by atoms with E-state index in [4.69, 9.17) is 4.74 Å². The molecule has 4 unspecified atom stereocenters. The van der Waals surface area contributed by atoms with E-state index in [0.29, 0.717) is 5.56 Å². The number of fused-ring (bicyclic) bond motifs is 1. The number of ether oxygens (including phenoxy) is 1. The number of hydrogen-bond acceptors (Lipinski definition) is 7. The van der Waals surface area contributed by atoms with Gasteiger partial charge in [-0.3, -0.25) is 19.7 Å². The number of carbonyl (C=O) groups is 3. The van der Waals surface area contributed by atoms with Crippen LogP contribution in [-0.4, -0.2) is 51.7 Å². The van der Waals surface area contributed by atoms with Gasteiger partial charge in [-0.15, -0.1) is 0 Å². The quantitative estimate of drug-likeness (QED) is 0.248. The summed E-state index contributed by atoms with van der Waals surface area (Å²) in [6, 6.07) is 3.78. The summed E-state index contributed by atoms with van der Waals surface area (Å²) in [5.74, 6) is -1.35. The van der Waals surface area contributed by atoms with Crippen LogP contribution in [0.1, 0.15) is 32.3 Å². The number of β-lactam (4-membered cyclic amide) rings is 1. The maximum atomic E-state index is 12.4. The average Bonchev–Trinajstić information content (AvgIpc) is 2.97. The Balaban J connectivity index is 1.60. The molecule has 1 amide bonds. The number of nitro groups is 1. The van der Waals surface area contributed by atoms with Gasteiger partial charge >= 0.3 is 5.97 Å². The lowest BCUT2D eigenvalue weighted by molar-refractivity contribution is -0.384. The molecule has 144 valence electrons. The van der Waals surface area contributed by atoms with E-state index in [1.807, 2.05) is 13.8 Å². The molecule has 3 rings (SSSR count). The molecule has 1 aromatic carbocycles. The van der Waals surface area contributed by atoms with Gasteiger partial charge in [0.15, 0.2) is 11.8 Å². The number of non-ortho nitro benzene ring substituents is 1. The Kier molecular flexibility index (Phi) is 5.22. The molecule has 2 fully saturated rings. The Morgan fingerprint density at radius 2 is 2.04 bits per heavy atom. The van der Waals surface area contributed by atoms with Crippen molar-refractivity contribution in [2.45, 2.75) is 57.5 Å². The van der Waals surface area contributed by atoms with Crippen LogP contribution in [0.5, 0.6) is 0 Å². The Morgan fingerprint density at radius 1 is 1.37 bits per heavy atom. The second-order valence-corrected chi connectivity index (χ2v) is 6.87. The SMILES string of the molecule is CCC(C)NC1C(=O)N2C(C(=O)OCc3ccc([N+](=O)[O-])cc3)C(=O)CC12. The number of nitrogens with zero attached hydrogens (tertiary/aromatic N) is 2. The van der Waals surface area contributed by atoms with Gasteiger partial charge in [0.05, 0.1) is 11.0 Å². The average molecular weight is 375 g/mol. The zero-order chi connectivity index (χ0) is 19.7. The minimum absolute atomic E-state index is 0.0649. The summed E-state index contributed by atoms with van der Waals surface area (Å²) < 4.78 is 5.18. The summed E-state index contributed by atoms with van der Waals surface area (Å²) in [5, 5.41) is 13.8. The molecule has 0 bridgehead atoms. The van der Waals surface area contributed by atoms with Gasteiger partial charge in [-0.05, 0) is 31.0 Å². The second kappa shape index (κ2) is 7.43. The van der Waals surface area contributed by atoms with E-state index in [1.54, 1.807) is 0 Å². The van der Waals surface area contributed by atoms with E-state index < -0.39 is 23.0 Å². The fourth-order valence-electron chi connectivity index (χ4n) is 3.37. The Labute approximate surface area is 155 Å². The molecule has 2 saturated heterocycles. The van der Waals surface area contributed by atoms with Crippen molar-refractivity contribution in [1.29, 1.82) is 0 Å². The molecule has 4 atom stereocenters. The summed E-state index contributed by atoms with van der Waals surface area (Å²) in [6.45, 7) is 3.83. The van der Waals surface area contributed by atoms with Crippen molar-refractivity contribution in [3.05, 3.63) is 39.9 Å². The summed E-state index contributed by atoms with van der Waals surface area (Å²) in [7, 11) is 0. The van der Waals surface area contributed by atoms with Crippen molar-refractivity contribution in [3.63, 3.8) is 0 Å². The van der Waals surface area contributed by atoms with Crippen molar-refractivity contribution >= 4 is 23.3 Å². The minimum atomic E-state index is -1.20. The van der Waals surface area contributed by atoms with Crippen molar-refractivity contribution < 1.29 is 24.0 Å². The predicted molar refractivity (Wildman–Crippen MR) is 93.6 cm³/mol. The monoisotopic (exact) mass is 375 g/mol. The van der Waals surface area contributed by atoms with E-state index in [-0.39, 0.29) is 42.5 Å². The number of carbonyl (C=O) groups excluding carboxylic acids is 3. The molecule has 0 aliphatic carbocycles. The van der Waals surface area contributed by atoms with Gasteiger partial charge < -0.3 is 15.0 Å². The molecule has 1 N–H and O–H groups in total. The summed E-state index contributed by atoms with van der Waals surface area (Å²) in [6.07, 6.45) is 0.988. The van der Waals surface area contributed by atoms with E-state index in [1.165, 1.54) is 29.2 Å². The smallest absolute Gasteiger partial charge is 0.337 e. The first-order chi connectivity index (χ1) is 12.8. The number of nitro benzene ring substituents is 1. The first-order valence-electron chi connectivity index (χ1n) is 8.84. The van der Waals surface area contributed by atoms with Gasteiger partial charge in [-0.1, -0.05) is 6.92 Å². The summed E-state index contributed by atoms with van der Waals surface area (Å²) >= 11 is 0. The van der Waals surface area contributed by atoms with Gasteiger partial charge in [0, 0.05) is 24.6 Å². The van der Waals surface area contributed by atoms with Gasteiger partial charge in [-0.25, -0.2) is 4.79 Å². The molecule has 9 nitrogen and oxygen atoms in total. The zero-order valence-electron chi connectivity index (χ0n) is 15.1. The third kappa shape index (κ3) is 3.55. The summed E-state index contributed by atoms with van der Waals surface area (Å²) in [5.41, 5.74) is 0.493. The van der Waals surface area contributed by atoms with Crippen LogP contribution in [0.4, 0.5) is 5.69 Å². The van der Waals surface area contributed by atoms with Crippen molar-refractivity contribution in [2.24, 2.45) is 0 Å². The normalized spacial score (nSPS) is 25.0. The maximum absolute atomic E-state index is 12.4. The molecule has 2 heterocycles. The van der Waals surface area contributed by atoms with Crippen molar-refractivity contribution in [3.8, 4) is 0 Å². The van der Waals surface area contributed by atoms with E-state index in [2.05, 4.69) is 5.32 Å². The van der Waals surface area contributed by atoms with Crippen LogP contribution in [0.15, 0.2) is 24.3 Å². The number of Topliss-reactive ketones (excluding diaryl/α,β-unsaturated/α-hetero) is 1. The van der Waals surface area contributed by atoms with Crippen molar-refractivity contribution in [1.82, 2.24) is 10.2 Å². The lowest BCUT2D eigenvalue weighted by atomic mass is 9.95. The largest absolute Gasteiger partial charge is 0.459 e. The third-order valence-corrected chi connectivity index (χ3v) is 5.08. The zero-order valence-corrected chi connectivity index (χ0v) is 15.1. The Hall–Kier alpha value is -2.81. The number of ketones is 1.